The van der Waals surface area contributed by atoms with Crippen molar-refractivity contribution in [3.8, 4) is 0 Å². The maximum Gasteiger partial charge on any atom is 0.188 e. The first kappa shape index (κ1) is 14.4. The summed E-state index contributed by atoms with van der Waals surface area (Å²) in [6.07, 6.45) is 4.59. The zero-order valence-corrected chi connectivity index (χ0v) is 12.2. The van der Waals surface area contributed by atoms with Crippen LogP contribution in [0, 0.1) is 11.6 Å². The number of rotatable bonds is 3. The van der Waals surface area contributed by atoms with E-state index in [-0.39, 0.29) is 17.2 Å². The lowest BCUT2D eigenvalue weighted by Gasteiger charge is -2.10. The van der Waals surface area contributed by atoms with Crippen molar-refractivity contribution in [3.05, 3.63) is 36.3 Å². The van der Waals surface area contributed by atoms with Crippen LogP contribution in [0.1, 0.15) is 0 Å². The SMILES string of the molecule is CSc1ncc2ncnc(Nc3c(F)ccc(N)c3F)c2n1. The van der Waals surface area contributed by atoms with E-state index >= 15 is 0 Å². The van der Waals surface area contributed by atoms with E-state index in [0.717, 1.165) is 12.1 Å². The molecule has 0 aliphatic carbocycles. The zero-order chi connectivity index (χ0) is 15.7. The van der Waals surface area contributed by atoms with Gasteiger partial charge in [-0.05, 0) is 18.4 Å². The van der Waals surface area contributed by atoms with Crippen molar-refractivity contribution in [1.29, 1.82) is 0 Å². The lowest BCUT2D eigenvalue weighted by Crippen LogP contribution is -2.04. The second kappa shape index (κ2) is 5.68. The van der Waals surface area contributed by atoms with Gasteiger partial charge in [-0.1, -0.05) is 11.8 Å². The van der Waals surface area contributed by atoms with E-state index in [4.69, 9.17) is 5.73 Å². The van der Waals surface area contributed by atoms with Crippen LogP contribution >= 0.6 is 11.8 Å². The number of anilines is 3. The number of aromatic nitrogens is 4. The maximum absolute atomic E-state index is 14.0. The summed E-state index contributed by atoms with van der Waals surface area (Å²) >= 11 is 1.33. The van der Waals surface area contributed by atoms with Crippen molar-refractivity contribution in [3.63, 3.8) is 0 Å². The Morgan fingerprint density at radius 1 is 1.18 bits per heavy atom. The van der Waals surface area contributed by atoms with Gasteiger partial charge < -0.3 is 11.1 Å². The average Bonchev–Trinajstić information content (AvgIpc) is 2.54. The quantitative estimate of drug-likeness (QED) is 0.435. The third-order valence-electron chi connectivity index (χ3n) is 2.90. The highest BCUT2D eigenvalue weighted by atomic mass is 32.2. The van der Waals surface area contributed by atoms with Crippen LogP contribution in [0.2, 0.25) is 0 Å². The lowest BCUT2D eigenvalue weighted by molar-refractivity contribution is 0.593. The number of thioether (sulfide) groups is 1. The fourth-order valence-corrected chi connectivity index (χ4v) is 2.17. The maximum atomic E-state index is 14.0. The second-order valence-electron chi connectivity index (χ2n) is 4.26. The number of nitrogen functional groups attached to an aromatic ring is 1. The Morgan fingerprint density at radius 2 is 2.00 bits per heavy atom. The number of nitrogens with zero attached hydrogens (tertiary/aromatic N) is 4. The van der Waals surface area contributed by atoms with Crippen molar-refractivity contribution >= 4 is 40.0 Å². The Kier molecular flexibility index (Phi) is 3.72. The van der Waals surface area contributed by atoms with Gasteiger partial charge in [-0.25, -0.2) is 28.7 Å². The molecule has 0 spiro atoms. The van der Waals surface area contributed by atoms with Crippen molar-refractivity contribution in [1.82, 2.24) is 19.9 Å². The lowest BCUT2D eigenvalue weighted by atomic mass is 10.2. The Balaban J connectivity index is 2.13. The minimum atomic E-state index is -0.883. The Bertz CT molecular complexity index is 857. The molecule has 3 N–H and O–H groups in total. The molecule has 0 radical (unpaired) electrons. The van der Waals surface area contributed by atoms with E-state index in [1.165, 1.54) is 24.3 Å². The van der Waals surface area contributed by atoms with Gasteiger partial charge in [-0.3, -0.25) is 0 Å². The first-order chi connectivity index (χ1) is 10.6. The fraction of sp³-hybridized carbons (Fsp3) is 0.0769. The van der Waals surface area contributed by atoms with Gasteiger partial charge in [0.15, 0.2) is 16.8 Å². The molecular weight excluding hydrogens is 310 g/mol. The molecule has 0 aliphatic heterocycles. The van der Waals surface area contributed by atoms with Gasteiger partial charge in [0, 0.05) is 0 Å². The highest BCUT2D eigenvalue weighted by Crippen LogP contribution is 2.28. The molecule has 22 heavy (non-hydrogen) atoms. The average molecular weight is 320 g/mol. The van der Waals surface area contributed by atoms with Crippen molar-refractivity contribution in [2.75, 3.05) is 17.3 Å². The summed E-state index contributed by atoms with van der Waals surface area (Å²) in [5.41, 5.74) is 5.73. The molecule has 2 heterocycles. The minimum Gasteiger partial charge on any atom is -0.396 e. The molecule has 0 aliphatic rings. The van der Waals surface area contributed by atoms with E-state index in [1.807, 2.05) is 6.26 Å². The van der Waals surface area contributed by atoms with Gasteiger partial charge in [-0.2, -0.15) is 0 Å². The predicted octanol–water partition coefficient (Wildman–Crippen LogP) is 2.75. The second-order valence-corrected chi connectivity index (χ2v) is 5.04. The van der Waals surface area contributed by atoms with E-state index in [0.29, 0.717) is 16.2 Å². The monoisotopic (exact) mass is 320 g/mol. The molecule has 0 saturated carbocycles. The standard InChI is InChI=1S/C13H10F2N6S/c1-22-13-17-4-8-11(21-13)12(19-5-18-8)20-10-6(14)2-3-7(16)9(10)15/h2-5H,16H2,1H3,(H,18,19,20). The Labute approximate surface area is 128 Å². The minimum absolute atomic E-state index is 0.165. The number of hydrogen-bond donors (Lipinski definition) is 2. The van der Waals surface area contributed by atoms with Gasteiger partial charge in [0.05, 0.1) is 11.9 Å². The molecule has 0 saturated heterocycles. The molecule has 0 atom stereocenters. The molecule has 1 aromatic carbocycles. The first-order valence-electron chi connectivity index (χ1n) is 6.12. The molecule has 9 heteroatoms. The number of hydrogen-bond acceptors (Lipinski definition) is 7. The molecule has 3 aromatic rings. The van der Waals surface area contributed by atoms with Gasteiger partial charge in [0.2, 0.25) is 0 Å². The third kappa shape index (κ3) is 2.50. The van der Waals surface area contributed by atoms with Crippen LogP contribution in [0.15, 0.2) is 29.8 Å². The fourth-order valence-electron chi connectivity index (χ4n) is 1.83. The number of halogens is 2. The van der Waals surface area contributed by atoms with Crippen molar-refractivity contribution in [2.24, 2.45) is 0 Å². The van der Waals surface area contributed by atoms with Gasteiger partial charge in [0.1, 0.15) is 28.9 Å². The van der Waals surface area contributed by atoms with Crippen LogP contribution in [-0.2, 0) is 0 Å². The summed E-state index contributed by atoms with van der Waals surface area (Å²) in [7, 11) is 0. The topological polar surface area (TPSA) is 89.6 Å². The van der Waals surface area contributed by atoms with E-state index < -0.39 is 11.6 Å². The number of nitrogens with one attached hydrogen (secondary N) is 1. The molecule has 112 valence electrons. The van der Waals surface area contributed by atoms with Crippen LogP contribution < -0.4 is 11.1 Å². The highest BCUT2D eigenvalue weighted by Gasteiger charge is 2.15. The third-order valence-corrected chi connectivity index (χ3v) is 3.46. The molecule has 0 bridgehead atoms. The molecule has 0 fully saturated rings. The van der Waals surface area contributed by atoms with Crippen molar-refractivity contribution < 1.29 is 8.78 Å². The van der Waals surface area contributed by atoms with Crippen LogP contribution in [0.25, 0.3) is 11.0 Å². The molecule has 3 rings (SSSR count). The van der Waals surface area contributed by atoms with E-state index in [9.17, 15) is 8.78 Å². The molecule has 6 nitrogen and oxygen atoms in total. The summed E-state index contributed by atoms with van der Waals surface area (Å²) in [5, 5.41) is 3.09. The van der Waals surface area contributed by atoms with Gasteiger partial charge in [0.25, 0.3) is 0 Å². The number of fused-ring (bicyclic) bond motifs is 1. The zero-order valence-electron chi connectivity index (χ0n) is 11.3. The normalized spacial score (nSPS) is 10.9. The predicted molar refractivity (Wildman–Crippen MR) is 81.0 cm³/mol. The summed E-state index contributed by atoms with van der Waals surface area (Å²) in [4.78, 5) is 16.4. The summed E-state index contributed by atoms with van der Waals surface area (Å²) < 4.78 is 27.8. The summed E-state index contributed by atoms with van der Waals surface area (Å²) in [5.74, 6) is -1.49. The van der Waals surface area contributed by atoms with E-state index in [1.54, 1.807) is 0 Å². The Morgan fingerprint density at radius 3 is 2.77 bits per heavy atom. The van der Waals surface area contributed by atoms with Crippen LogP contribution in [0.5, 0.6) is 0 Å². The first-order valence-corrected chi connectivity index (χ1v) is 7.35. The van der Waals surface area contributed by atoms with Gasteiger partial charge >= 0.3 is 0 Å². The number of nitrogens with two attached hydrogens (primary N) is 1. The molecule has 0 amide bonds. The van der Waals surface area contributed by atoms with Crippen LogP contribution in [0.4, 0.5) is 26.0 Å². The molecule has 2 aromatic heterocycles. The largest absolute Gasteiger partial charge is 0.396 e. The Hall–Kier alpha value is -2.55. The van der Waals surface area contributed by atoms with Gasteiger partial charge in [-0.15, -0.1) is 0 Å². The van der Waals surface area contributed by atoms with Crippen LogP contribution in [-0.4, -0.2) is 26.2 Å². The molecular formula is C13H10F2N6S. The van der Waals surface area contributed by atoms with Crippen molar-refractivity contribution in [2.45, 2.75) is 5.16 Å². The number of benzene rings is 1. The summed E-state index contributed by atoms with van der Waals surface area (Å²) in [6, 6.07) is 2.23. The van der Waals surface area contributed by atoms with E-state index in [2.05, 4.69) is 25.3 Å². The highest BCUT2D eigenvalue weighted by molar-refractivity contribution is 7.98. The molecule has 0 unspecified atom stereocenters. The smallest absolute Gasteiger partial charge is 0.188 e. The van der Waals surface area contributed by atoms with Crippen LogP contribution in [0.3, 0.4) is 0 Å². The summed E-state index contributed by atoms with van der Waals surface area (Å²) in [6.45, 7) is 0.